The quantitative estimate of drug-likeness (QED) is 0.737. The Bertz CT molecular complexity index is 608. The number of hydrogen-bond donors (Lipinski definition) is 0. The van der Waals surface area contributed by atoms with Crippen LogP contribution in [0.15, 0.2) is 24.3 Å². The Kier molecular flexibility index (Phi) is 3.84. The van der Waals surface area contributed by atoms with Crippen molar-refractivity contribution in [3.8, 4) is 0 Å². The summed E-state index contributed by atoms with van der Waals surface area (Å²) in [6.07, 6.45) is 0. The van der Waals surface area contributed by atoms with E-state index in [-0.39, 0.29) is 17.2 Å². The molecule has 0 bridgehead atoms. The van der Waals surface area contributed by atoms with Gasteiger partial charge in [-0.3, -0.25) is 9.59 Å². The summed E-state index contributed by atoms with van der Waals surface area (Å²) in [5.74, 6) is -0.128. The third-order valence-corrected chi connectivity index (χ3v) is 4.03. The molecular weight excluding hydrogens is 276 g/mol. The number of para-hydroxylation sites is 1. The third kappa shape index (κ3) is 2.62. The molecule has 0 radical (unpaired) electrons. The van der Waals surface area contributed by atoms with E-state index >= 15 is 0 Å². The number of anilines is 1. The second-order valence-corrected chi connectivity index (χ2v) is 8.05. The van der Waals surface area contributed by atoms with Gasteiger partial charge in [0.05, 0.1) is 11.3 Å². The average molecular weight is 302 g/mol. The molecule has 1 aliphatic heterocycles. The zero-order valence-corrected chi connectivity index (χ0v) is 14.6. The number of nitrogens with zero attached hydrogens (tertiary/aromatic N) is 2. The minimum absolute atomic E-state index is 0.0270. The number of fused-ring (bicyclic) bond motifs is 1. The van der Waals surface area contributed by atoms with E-state index in [1.165, 1.54) is 0 Å². The van der Waals surface area contributed by atoms with Crippen molar-refractivity contribution in [3.05, 3.63) is 29.8 Å². The highest BCUT2D eigenvalue weighted by molar-refractivity contribution is 6.11. The fourth-order valence-electron chi connectivity index (χ4n) is 3.21. The van der Waals surface area contributed by atoms with Crippen LogP contribution in [0.2, 0.25) is 0 Å². The minimum atomic E-state index is -0.494. The van der Waals surface area contributed by atoms with Crippen molar-refractivity contribution in [2.24, 2.45) is 5.41 Å². The summed E-state index contributed by atoms with van der Waals surface area (Å²) in [5.41, 5.74) is 0.540. The fraction of sp³-hybridized carbons (Fsp3) is 0.556. The lowest BCUT2D eigenvalue weighted by molar-refractivity contribution is -0.126. The summed E-state index contributed by atoms with van der Waals surface area (Å²) in [7, 11) is 1.72. The second kappa shape index (κ2) is 5.11. The molecule has 22 heavy (non-hydrogen) atoms. The molecule has 2 rings (SSSR count). The molecule has 0 saturated heterocycles. The van der Waals surface area contributed by atoms with Gasteiger partial charge < -0.3 is 9.80 Å². The minimum Gasteiger partial charge on any atom is -0.329 e. The summed E-state index contributed by atoms with van der Waals surface area (Å²) in [6.45, 7) is 12.0. The van der Waals surface area contributed by atoms with Gasteiger partial charge in [-0.2, -0.15) is 0 Å². The topological polar surface area (TPSA) is 40.6 Å². The lowest BCUT2D eigenvalue weighted by Crippen LogP contribution is -2.57. The molecule has 1 aromatic carbocycles. The van der Waals surface area contributed by atoms with Crippen LogP contribution in [0.3, 0.4) is 0 Å². The van der Waals surface area contributed by atoms with Crippen LogP contribution in [-0.2, 0) is 4.79 Å². The SMILES string of the molecule is CN1C(=O)c2ccccc2N(C(C)(C)C)C(=O)C1C(C)(C)C. The largest absolute Gasteiger partial charge is 0.329 e. The van der Waals surface area contributed by atoms with Crippen LogP contribution in [0, 0.1) is 5.41 Å². The molecule has 0 N–H and O–H groups in total. The van der Waals surface area contributed by atoms with Crippen LogP contribution in [0.1, 0.15) is 51.9 Å². The van der Waals surface area contributed by atoms with E-state index in [4.69, 9.17) is 0 Å². The highest BCUT2D eigenvalue weighted by Gasteiger charge is 2.46. The molecule has 1 heterocycles. The first kappa shape index (κ1) is 16.5. The Morgan fingerprint density at radius 3 is 2.00 bits per heavy atom. The van der Waals surface area contributed by atoms with Gasteiger partial charge in [-0.15, -0.1) is 0 Å². The molecule has 0 spiro atoms. The molecule has 1 aliphatic rings. The monoisotopic (exact) mass is 302 g/mol. The first-order valence-electron chi connectivity index (χ1n) is 7.66. The number of carbonyl (C=O) groups excluding carboxylic acids is 2. The number of benzene rings is 1. The predicted octanol–water partition coefficient (Wildman–Crippen LogP) is 3.32. The average Bonchev–Trinajstić information content (AvgIpc) is 2.43. The van der Waals surface area contributed by atoms with Crippen molar-refractivity contribution in [2.45, 2.75) is 53.1 Å². The van der Waals surface area contributed by atoms with E-state index < -0.39 is 11.6 Å². The number of rotatable bonds is 0. The molecule has 1 aromatic rings. The highest BCUT2D eigenvalue weighted by atomic mass is 16.2. The lowest BCUT2D eigenvalue weighted by Gasteiger charge is -2.41. The maximum absolute atomic E-state index is 13.3. The number of carbonyl (C=O) groups is 2. The summed E-state index contributed by atoms with van der Waals surface area (Å²) < 4.78 is 0. The van der Waals surface area contributed by atoms with E-state index in [1.807, 2.05) is 59.7 Å². The van der Waals surface area contributed by atoms with Crippen molar-refractivity contribution >= 4 is 17.5 Å². The predicted molar refractivity (Wildman–Crippen MR) is 89.0 cm³/mol. The number of amides is 2. The Hall–Kier alpha value is -1.84. The molecule has 120 valence electrons. The van der Waals surface area contributed by atoms with Gasteiger partial charge in [-0.05, 0) is 38.3 Å². The summed E-state index contributed by atoms with van der Waals surface area (Å²) >= 11 is 0. The Labute approximate surface area is 133 Å². The number of hydrogen-bond acceptors (Lipinski definition) is 2. The molecule has 4 nitrogen and oxygen atoms in total. The lowest BCUT2D eigenvalue weighted by atomic mass is 9.84. The van der Waals surface area contributed by atoms with Crippen molar-refractivity contribution in [1.82, 2.24) is 4.90 Å². The molecule has 4 heteroatoms. The Morgan fingerprint density at radius 2 is 1.50 bits per heavy atom. The van der Waals surface area contributed by atoms with Crippen LogP contribution in [0.5, 0.6) is 0 Å². The van der Waals surface area contributed by atoms with Crippen molar-refractivity contribution in [1.29, 1.82) is 0 Å². The van der Waals surface area contributed by atoms with Crippen molar-refractivity contribution in [2.75, 3.05) is 11.9 Å². The summed E-state index contributed by atoms with van der Waals surface area (Å²) in [5, 5.41) is 0. The van der Waals surface area contributed by atoms with Gasteiger partial charge in [0.1, 0.15) is 6.04 Å². The highest BCUT2D eigenvalue weighted by Crippen LogP contribution is 2.37. The van der Waals surface area contributed by atoms with Crippen LogP contribution in [-0.4, -0.2) is 35.3 Å². The van der Waals surface area contributed by atoms with Gasteiger partial charge in [0.2, 0.25) is 0 Å². The van der Waals surface area contributed by atoms with Gasteiger partial charge in [-0.1, -0.05) is 32.9 Å². The van der Waals surface area contributed by atoms with Gasteiger partial charge in [0.15, 0.2) is 0 Å². The summed E-state index contributed by atoms with van der Waals surface area (Å²) in [4.78, 5) is 29.5. The van der Waals surface area contributed by atoms with Crippen LogP contribution >= 0.6 is 0 Å². The van der Waals surface area contributed by atoms with Crippen LogP contribution in [0.25, 0.3) is 0 Å². The second-order valence-electron chi connectivity index (χ2n) is 8.05. The van der Waals surface area contributed by atoms with Gasteiger partial charge in [0, 0.05) is 12.6 Å². The molecule has 0 aliphatic carbocycles. The summed E-state index contributed by atoms with van der Waals surface area (Å²) in [6, 6.07) is 6.87. The first-order chi connectivity index (χ1) is 9.96. The Morgan fingerprint density at radius 1 is 0.955 bits per heavy atom. The fourth-order valence-corrected chi connectivity index (χ4v) is 3.21. The molecule has 0 aromatic heterocycles. The normalized spacial score (nSPS) is 20.0. The zero-order valence-electron chi connectivity index (χ0n) is 14.6. The van der Waals surface area contributed by atoms with Gasteiger partial charge in [-0.25, -0.2) is 0 Å². The van der Waals surface area contributed by atoms with Crippen molar-refractivity contribution < 1.29 is 9.59 Å². The van der Waals surface area contributed by atoms with E-state index in [2.05, 4.69) is 0 Å². The van der Waals surface area contributed by atoms with E-state index in [9.17, 15) is 9.59 Å². The van der Waals surface area contributed by atoms with E-state index in [1.54, 1.807) is 22.9 Å². The van der Waals surface area contributed by atoms with Crippen molar-refractivity contribution in [3.63, 3.8) is 0 Å². The zero-order chi connectivity index (χ0) is 16.9. The standard InChI is InChI=1S/C18H26N2O2/c1-17(2,3)14-16(22)20(18(4,5)6)13-11-9-8-10-12(13)15(21)19(14)7/h8-11,14H,1-7H3. The molecule has 1 unspecified atom stereocenters. The molecule has 2 amide bonds. The van der Waals surface area contributed by atoms with Crippen LogP contribution < -0.4 is 4.90 Å². The van der Waals surface area contributed by atoms with Gasteiger partial charge >= 0.3 is 0 Å². The van der Waals surface area contributed by atoms with Crippen LogP contribution in [0.4, 0.5) is 5.69 Å². The Balaban J connectivity index is 2.74. The molecule has 0 fully saturated rings. The molecule has 1 atom stereocenters. The number of likely N-dealkylation sites (N-methyl/N-ethyl adjacent to an activating group) is 1. The maximum Gasteiger partial charge on any atom is 0.256 e. The van der Waals surface area contributed by atoms with Gasteiger partial charge in [0.25, 0.3) is 11.8 Å². The molecule has 0 saturated carbocycles. The molecular formula is C18H26N2O2. The maximum atomic E-state index is 13.3. The van der Waals surface area contributed by atoms with E-state index in [0.29, 0.717) is 11.3 Å². The third-order valence-electron chi connectivity index (χ3n) is 4.03. The van der Waals surface area contributed by atoms with E-state index in [0.717, 1.165) is 0 Å². The first-order valence-corrected chi connectivity index (χ1v) is 7.66. The smallest absolute Gasteiger partial charge is 0.256 e.